The largest absolute Gasteiger partial charge is 0.495 e. The molecule has 1 N–H and O–H groups in total. The first-order valence-corrected chi connectivity index (χ1v) is 8.02. The van der Waals surface area contributed by atoms with Crippen molar-refractivity contribution in [1.82, 2.24) is 5.32 Å². The van der Waals surface area contributed by atoms with Crippen LogP contribution in [-0.4, -0.2) is 25.8 Å². The Balaban J connectivity index is 2.00. The maximum absolute atomic E-state index is 12.1. The third-order valence-corrected chi connectivity index (χ3v) is 3.81. The predicted octanol–water partition coefficient (Wildman–Crippen LogP) is 3.20. The second-order valence-corrected chi connectivity index (χ2v) is 5.23. The molecule has 0 radical (unpaired) electrons. The molecular weight excluding hydrogens is 294 g/mol. The van der Waals surface area contributed by atoms with E-state index in [2.05, 4.69) is 17.2 Å². The number of methoxy groups -OCH3 is 1. The third-order valence-electron chi connectivity index (χ3n) is 3.02. The molecule has 0 aliphatic carbocycles. The Bertz CT molecular complexity index is 716. The average molecular weight is 311 g/mol. The van der Waals surface area contributed by atoms with Gasteiger partial charge >= 0.3 is 0 Å². The summed E-state index contributed by atoms with van der Waals surface area (Å²) in [7, 11) is 1.61. The van der Waals surface area contributed by atoms with E-state index in [4.69, 9.17) is 4.74 Å². The summed E-state index contributed by atoms with van der Waals surface area (Å²) in [6, 6.07) is 15.1. The van der Waals surface area contributed by atoms with Crippen LogP contribution in [0, 0.1) is 11.8 Å². The maximum atomic E-state index is 12.1. The van der Waals surface area contributed by atoms with E-state index in [-0.39, 0.29) is 5.91 Å². The van der Waals surface area contributed by atoms with Gasteiger partial charge < -0.3 is 10.1 Å². The van der Waals surface area contributed by atoms with Gasteiger partial charge in [0.15, 0.2) is 0 Å². The van der Waals surface area contributed by atoms with Crippen LogP contribution in [0.3, 0.4) is 0 Å². The van der Waals surface area contributed by atoms with Crippen molar-refractivity contribution in [1.29, 1.82) is 0 Å². The highest BCUT2D eigenvalue weighted by Gasteiger charge is 2.08. The molecule has 1 amide bonds. The van der Waals surface area contributed by atoms with Crippen LogP contribution in [0.15, 0.2) is 53.4 Å². The molecule has 0 heterocycles. The lowest BCUT2D eigenvalue weighted by Gasteiger charge is -2.06. The summed E-state index contributed by atoms with van der Waals surface area (Å²) < 4.78 is 5.23. The number of nitrogens with one attached hydrogen (secondary N) is 1. The van der Waals surface area contributed by atoms with Crippen LogP contribution >= 0.6 is 11.8 Å². The number of benzene rings is 2. The Hall–Kier alpha value is -2.38. The number of rotatable bonds is 4. The van der Waals surface area contributed by atoms with Crippen LogP contribution in [-0.2, 0) is 0 Å². The molecule has 0 atom stereocenters. The first-order valence-electron chi connectivity index (χ1n) is 6.79. The summed E-state index contributed by atoms with van der Waals surface area (Å²) in [6.07, 6.45) is 1.95. The smallest absolute Gasteiger partial charge is 0.253 e. The zero-order valence-corrected chi connectivity index (χ0v) is 13.4. The van der Waals surface area contributed by atoms with Gasteiger partial charge in [-0.15, -0.1) is 11.8 Å². The molecule has 0 spiro atoms. The Morgan fingerprint density at radius 3 is 2.68 bits per heavy atom. The van der Waals surface area contributed by atoms with Gasteiger partial charge in [-0.3, -0.25) is 4.79 Å². The van der Waals surface area contributed by atoms with Crippen LogP contribution in [0.4, 0.5) is 0 Å². The van der Waals surface area contributed by atoms with E-state index in [0.717, 1.165) is 16.2 Å². The molecule has 2 aromatic rings. The van der Waals surface area contributed by atoms with Crippen LogP contribution in [0.5, 0.6) is 5.75 Å². The molecule has 112 valence electrons. The van der Waals surface area contributed by atoms with Gasteiger partial charge in [0.2, 0.25) is 0 Å². The zero-order valence-electron chi connectivity index (χ0n) is 12.6. The minimum absolute atomic E-state index is 0.112. The van der Waals surface area contributed by atoms with E-state index in [1.165, 1.54) is 0 Å². The highest BCUT2D eigenvalue weighted by atomic mass is 32.2. The minimum Gasteiger partial charge on any atom is -0.495 e. The molecule has 0 saturated heterocycles. The van der Waals surface area contributed by atoms with Gasteiger partial charge in [-0.05, 0) is 30.5 Å². The number of amides is 1. The Labute approximate surface area is 135 Å². The molecule has 2 aromatic carbocycles. The first-order chi connectivity index (χ1) is 10.8. The lowest BCUT2D eigenvalue weighted by molar-refractivity contribution is 0.0956. The molecule has 0 saturated carbocycles. The van der Waals surface area contributed by atoms with E-state index in [9.17, 15) is 4.79 Å². The summed E-state index contributed by atoms with van der Waals surface area (Å²) in [5.41, 5.74) is 1.48. The van der Waals surface area contributed by atoms with E-state index < -0.39 is 0 Å². The fourth-order valence-corrected chi connectivity index (χ4v) is 2.53. The lowest BCUT2D eigenvalue weighted by Crippen LogP contribution is -2.24. The number of thioether (sulfide) groups is 1. The molecule has 0 aliphatic rings. The number of carbonyl (C=O) groups is 1. The van der Waals surface area contributed by atoms with Crippen LogP contribution < -0.4 is 10.1 Å². The monoisotopic (exact) mass is 311 g/mol. The fourth-order valence-electron chi connectivity index (χ4n) is 1.94. The quantitative estimate of drug-likeness (QED) is 0.696. The van der Waals surface area contributed by atoms with Gasteiger partial charge in [0, 0.05) is 4.90 Å². The van der Waals surface area contributed by atoms with Crippen LogP contribution in [0.1, 0.15) is 15.9 Å². The van der Waals surface area contributed by atoms with Crippen molar-refractivity contribution < 1.29 is 9.53 Å². The molecule has 0 aliphatic heterocycles. The number of para-hydroxylation sites is 1. The van der Waals surface area contributed by atoms with Gasteiger partial charge in [0.1, 0.15) is 5.75 Å². The summed E-state index contributed by atoms with van der Waals surface area (Å²) in [5, 5.41) is 2.81. The molecule has 0 bridgehead atoms. The van der Waals surface area contributed by atoms with Gasteiger partial charge in [-0.1, -0.05) is 36.1 Å². The molecule has 2 rings (SSSR count). The Morgan fingerprint density at radius 1 is 1.18 bits per heavy atom. The summed E-state index contributed by atoms with van der Waals surface area (Å²) in [6.45, 7) is 0.291. The van der Waals surface area contributed by atoms with Crippen LogP contribution in [0.2, 0.25) is 0 Å². The topological polar surface area (TPSA) is 38.3 Å². The van der Waals surface area contributed by atoms with E-state index in [1.807, 2.05) is 54.8 Å². The van der Waals surface area contributed by atoms with Crippen molar-refractivity contribution in [2.75, 3.05) is 19.9 Å². The predicted molar refractivity (Wildman–Crippen MR) is 90.4 cm³/mol. The molecule has 4 heteroatoms. The molecule has 0 fully saturated rings. The maximum Gasteiger partial charge on any atom is 0.253 e. The van der Waals surface area contributed by atoms with Crippen molar-refractivity contribution in [2.45, 2.75) is 4.90 Å². The fraction of sp³-hybridized carbons (Fsp3) is 0.167. The second kappa shape index (κ2) is 8.16. The molecule has 0 unspecified atom stereocenters. The number of carbonyl (C=O) groups excluding carboxylic acids is 1. The Kier molecular flexibility index (Phi) is 5.93. The summed E-state index contributed by atoms with van der Waals surface area (Å²) >= 11 is 1.55. The molecular formula is C18H17NO2S. The molecule has 3 nitrogen and oxygen atoms in total. The van der Waals surface area contributed by atoms with Crippen molar-refractivity contribution in [2.24, 2.45) is 0 Å². The first kappa shape index (κ1) is 16.0. The third kappa shape index (κ3) is 4.06. The van der Waals surface area contributed by atoms with Crippen LogP contribution in [0.25, 0.3) is 0 Å². The highest BCUT2D eigenvalue weighted by molar-refractivity contribution is 7.98. The van der Waals surface area contributed by atoms with Crippen molar-refractivity contribution in [3.05, 3.63) is 59.7 Å². The summed E-state index contributed by atoms with van der Waals surface area (Å²) in [5.74, 6) is 6.57. The minimum atomic E-state index is -0.112. The van der Waals surface area contributed by atoms with Crippen molar-refractivity contribution >= 4 is 17.7 Å². The van der Waals surface area contributed by atoms with Gasteiger partial charge in [-0.25, -0.2) is 0 Å². The number of hydrogen-bond donors (Lipinski definition) is 1. The molecule has 22 heavy (non-hydrogen) atoms. The number of ether oxygens (including phenoxy) is 1. The van der Waals surface area contributed by atoms with Crippen molar-refractivity contribution in [3.63, 3.8) is 0 Å². The highest BCUT2D eigenvalue weighted by Crippen LogP contribution is 2.19. The van der Waals surface area contributed by atoms with Gasteiger partial charge in [0.05, 0.1) is 24.8 Å². The average Bonchev–Trinajstić information content (AvgIpc) is 2.58. The molecule has 0 aromatic heterocycles. The second-order valence-electron chi connectivity index (χ2n) is 4.39. The SMILES string of the molecule is COc1ccccc1C#CCNC(=O)c1ccccc1SC. The number of hydrogen-bond acceptors (Lipinski definition) is 3. The standard InChI is InChI=1S/C18H17NO2S/c1-21-16-11-5-3-8-14(16)9-7-13-19-18(20)15-10-4-6-12-17(15)22-2/h3-6,8,10-12H,13H2,1-2H3,(H,19,20). The van der Waals surface area contributed by atoms with E-state index in [0.29, 0.717) is 12.1 Å². The zero-order chi connectivity index (χ0) is 15.8. The van der Waals surface area contributed by atoms with Gasteiger partial charge in [-0.2, -0.15) is 0 Å². The van der Waals surface area contributed by atoms with Crippen molar-refractivity contribution in [3.8, 4) is 17.6 Å². The van der Waals surface area contributed by atoms with E-state index >= 15 is 0 Å². The Morgan fingerprint density at radius 2 is 1.91 bits per heavy atom. The van der Waals surface area contributed by atoms with E-state index in [1.54, 1.807) is 18.9 Å². The van der Waals surface area contributed by atoms with Gasteiger partial charge in [0.25, 0.3) is 5.91 Å². The normalized spacial score (nSPS) is 9.55. The lowest BCUT2D eigenvalue weighted by atomic mass is 10.2. The summed E-state index contributed by atoms with van der Waals surface area (Å²) in [4.78, 5) is 13.1.